The Morgan fingerprint density at radius 2 is 1.37 bits per heavy atom. The quantitative estimate of drug-likeness (QED) is 0.795. The summed E-state index contributed by atoms with van der Waals surface area (Å²) in [6, 6.07) is 0. The largest absolute Gasteiger partial charge is 0.506 e. The van der Waals surface area contributed by atoms with Gasteiger partial charge in [-0.25, -0.2) is 8.42 Å². The number of hydrogen-bond acceptors (Lipinski definition) is 3. The summed E-state index contributed by atoms with van der Waals surface area (Å²) in [7, 11) is -2.08. The number of allylic oxidation sites excluding steroid dienone is 1. The summed E-state index contributed by atoms with van der Waals surface area (Å²) in [4.78, 5) is 0.00764. The Kier molecular flexibility index (Phi) is 2.93. The first-order valence-electron chi connectivity index (χ1n) is 6.11. The smallest absolute Gasteiger partial charge is 0.263 e. The summed E-state index contributed by atoms with van der Waals surface area (Å²) >= 11 is 0. The summed E-state index contributed by atoms with van der Waals surface area (Å²) in [6.07, 6.45) is 0. The van der Waals surface area contributed by atoms with Crippen molar-refractivity contribution >= 4 is 21.5 Å². The minimum absolute atomic E-state index is 0.00764. The molecule has 0 bridgehead atoms. The molecule has 5 heteroatoms. The van der Waals surface area contributed by atoms with Gasteiger partial charge in [-0.3, -0.25) is 4.31 Å². The van der Waals surface area contributed by atoms with Crippen molar-refractivity contribution in [2.75, 3.05) is 11.4 Å². The molecule has 0 spiro atoms. The maximum Gasteiger partial charge on any atom is 0.263 e. The van der Waals surface area contributed by atoms with E-state index in [2.05, 4.69) is 0 Å². The van der Waals surface area contributed by atoms with E-state index in [1.54, 1.807) is 0 Å². The normalized spacial score (nSPS) is 17.7. The van der Waals surface area contributed by atoms with Crippen molar-refractivity contribution in [3.63, 3.8) is 0 Å². The van der Waals surface area contributed by atoms with Crippen LogP contribution in [0.4, 0.5) is 5.69 Å². The molecule has 0 unspecified atom stereocenters. The lowest BCUT2D eigenvalue weighted by atomic mass is 9.91. The third kappa shape index (κ3) is 1.61. The van der Waals surface area contributed by atoms with E-state index in [0.717, 1.165) is 22.3 Å². The van der Waals surface area contributed by atoms with Crippen molar-refractivity contribution < 1.29 is 13.5 Å². The van der Waals surface area contributed by atoms with Gasteiger partial charge >= 0.3 is 0 Å². The topological polar surface area (TPSA) is 57.6 Å². The van der Waals surface area contributed by atoms with Gasteiger partial charge in [-0.2, -0.15) is 0 Å². The van der Waals surface area contributed by atoms with E-state index >= 15 is 0 Å². The molecule has 0 atom stereocenters. The zero-order chi connectivity index (χ0) is 14.7. The van der Waals surface area contributed by atoms with Gasteiger partial charge < -0.3 is 5.11 Å². The fourth-order valence-corrected chi connectivity index (χ4v) is 3.83. The molecule has 0 aliphatic carbocycles. The lowest BCUT2D eigenvalue weighted by Crippen LogP contribution is -2.33. The molecule has 0 aromatic heterocycles. The molecule has 1 N–H and O–H groups in total. The van der Waals surface area contributed by atoms with Gasteiger partial charge in [-0.15, -0.1) is 0 Å². The number of rotatable bonds is 0. The Hall–Kier alpha value is -1.49. The van der Waals surface area contributed by atoms with Gasteiger partial charge in [-0.05, 0) is 56.9 Å². The number of aliphatic hydroxyl groups is 1. The van der Waals surface area contributed by atoms with Crippen LogP contribution in [0.3, 0.4) is 0 Å². The molecular weight excluding hydrogens is 262 g/mol. The zero-order valence-electron chi connectivity index (χ0n) is 12.1. The fraction of sp³-hybridized carbons (Fsp3) is 0.429. The van der Waals surface area contributed by atoms with Gasteiger partial charge in [0, 0.05) is 12.6 Å². The van der Waals surface area contributed by atoms with Gasteiger partial charge in [0.25, 0.3) is 10.0 Å². The van der Waals surface area contributed by atoms with Crippen LogP contribution < -0.4 is 4.31 Å². The Morgan fingerprint density at radius 3 is 1.89 bits per heavy atom. The van der Waals surface area contributed by atoms with Crippen LogP contribution in [0, 0.1) is 27.7 Å². The van der Waals surface area contributed by atoms with Crippen LogP contribution in [0.2, 0.25) is 0 Å². The highest BCUT2D eigenvalue weighted by molar-refractivity contribution is 7.96. The van der Waals surface area contributed by atoms with Crippen LogP contribution in [0.15, 0.2) is 4.91 Å². The van der Waals surface area contributed by atoms with Crippen LogP contribution in [-0.2, 0) is 10.0 Å². The van der Waals surface area contributed by atoms with Crippen LogP contribution in [0.1, 0.15) is 34.7 Å². The lowest BCUT2D eigenvalue weighted by Gasteiger charge is -2.32. The molecule has 1 aliphatic heterocycles. The second kappa shape index (κ2) is 4.00. The van der Waals surface area contributed by atoms with E-state index in [1.165, 1.54) is 18.3 Å². The number of benzene rings is 1. The predicted molar refractivity (Wildman–Crippen MR) is 77.9 cm³/mol. The zero-order valence-corrected chi connectivity index (χ0v) is 12.9. The molecule has 1 aromatic carbocycles. The molecule has 1 aromatic rings. The molecule has 2 rings (SSSR count). The van der Waals surface area contributed by atoms with Crippen molar-refractivity contribution in [3.05, 3.63) is 32.7 Å². The van der Waals surface area contributed by atoms with E-state index < -0.39 is 10.0 Å². The average Bonchev–Trinajstić information content (AvgIpc) is 2.36. The summed E-state index contributed by atoms with van der Waals surface area (Å²) in [6.45, 7) is 9.20. The number of hydrogen-bond donors (Lipinski definition) is 1. The van der Waals surface area contributed by atoms with E-state index in [4.69, 9.17) is 0 Å². The summed E-state index contributed by atoms with van der Waals surface area (Å²) in [5, 5.41) is 10.3. The molecule has 0 saturated heterocycles. The standard InChI is InChI=1S/C14H19NO3S/c1-7-8(2)10(4)13-12(9(7)3)14(16)11(5)19(17,18)15(13)6/h16H,1-6H3. The first-order chi connectivity index (χ1) is 8.62. The Labute approximate surface area is 114 Å². The fourth-order valence-electron chi connectivity index (χ4n) is 2.60. The molecule has 4 nitrogen and oxygen atoms in total. The van der Waals surface area contributed by atoms with Crippen molar-refractivity contribution in [1.29, 1.82) is 0 Å². The number of anilines is 1. The SMILES string of the molecule is CC1=C(O)c2c(C)c(C)c(C)c(C)c2N(C)S1(=O)=O. The van der Waals surface area contributed by atoms with Crippen molar-refractivity contribution in [3.8, 4) is 0 Å². The van der Waals surface area contributed by atoms with Crippen molar-refractivity contribution in [1.82, 2.24) is 0 Å². The Morgan fingerprint density at radius 1 is 0.895 bits per heavy atom. The molecule has 104 valence electrons. The molecular formula is C14H19NO3S. The first-order valence-corrected chi connectivity index (χ1v) is 7.55. The lowest BCUT2D eigenvalue weighted by molar-refractivity contribution is 0.506. The van der Waals surface area contributed by atoms with Gasteiger partial charge in [0.05, 0.1) is 5.69 Å². The Bertz CT molecular complexity index is 715. The van der Waals surface area contributed by atoms with Crippen LogP contribution in [0.5, 0.6) is 0 Å². The first kappa shape index (κ1) is 13.9. The predicted octanol–water partition coefficient (Wildman–Crippen LogP) is 2.95. The maximum absolute atomic E-state index is 12.3. The van der Waals surface area contributed by atoms with Gasteiger partial charge in [0.1, 0.15) is 10.7 Å². The average molecular weight is 281 g/mol. The summed E-state index contributed by atoms with van der Waals surface area (Å²) < 4.78 is 25.8. The Balaban J connectivity index is 3.05. The minimum Gasteiger partial charge on any atom is -0.506 e. The summed E-state index contributed by atoms with van der Waals surface area (Å²) in [5.74, 6) is -0.128. The summed E-state index contributed by atoms with van der Waals surface area (Å²) in [5.41, 5.74) is 5.19. The van der Waals surface area contributed by atoms with E-state index in [0.29, 0.717) is 11.3 Å². The van der Waals surface area contributed by atoms with Crippen LogP contribution in [-0.4, -0.2) is 20.6 Å². The monoisotopic (exact) mass is 281 g/mol. The van der Waals surface area contributed by atoms with E-state index in [-0.39, 0.29) is 10.7 Å². The highest BCUT2D eigenvalue weighted by Crippen LogP contribution is 2.43. The highest BCUT2D eigenvalue weighted by Gasteiger charge is 2.35. The number of nitrogens with zero attached hydrogens (tertiary/aromatic N) is 1. The molecule has 0 radical (unpaired) electrons. The van der Waals surface area contributed by atoms with Crippen LogP contribution >= 0.6 is 0 Å². The molecule has 0 amide bonds. The number of aliphatic hydroxyl groups excluding tert-OH is 1. The minimum atomic E-state index is -3.61. The number of sulfonamides is 1. The van der Waals surface area contributed by atoms with E-state index in [9.17, 15) is 13.5 Å². The van der Waals surface area contributed by atoms with Crippen molar-refractivity contribution in [2.24, 2.45) is 0 Å². The molecule has 1 heterocycles. The van der Waals surface area contributed by atoms with Crippen LogP contribution in [0.25, 0.3) is 5.76 Å². The molecule has 19 heavy (non-hydrogen) atoms. The molecule has 0 saturated carbocycles. The van der Waals surface area contributed by atoms with Gasteiger partial charge in [-0.1, -0.05) is 0 Å². The second-order valence-corrected chi connectivity index (χ2v) is 7.21. The van der Waals surface area contributed by atoms with Gasteiger partial charge in [0.2, 0.25) is 0 Å². The van der Waals surface area contributed by atoms with Gasteiger partial charge in [0.15, 0.2) is 0 Å². The molecule has 1 aliphatic rings. The van der Waals surface area contributed by atoms with E-state index in [1.807, 2.05) is 27.7 Å². The third-order valence-corrected chi connectivity index (χ3v) is 6.16. The second-order valence-electron chi connectivity index (χ2n) is 5.10. The third-order valence-electron chi connectivity index (χ3n) is 4.29. The highest BCUT2D eigenvalue weighted by atomic mass is 32.2. The van der Waals surface area contributed by atoms with Crippen molar-refractivity contribution in [2.45, 2.75) is 34.6 Å². The molecule has 0 fully saturated rings. The maximum atomic E-state index is 12.3. The number of fused-ring (bicyclic) bond motifs is 1.